The Kier molecular flexibility index (Phi) is 78200. The molecule has 0 atom stereocenters. The molecule has 0 saturated heterocycles. The Bertz CT molecular complexity index is 8.49. The third-order valence-corrected chi connectivity index (χ3v) is 0. The second-order valence-corrected chi connectivity index (χ2v) is 0. The van der Waals surface area contributed by atoms with Crippen LogP contribution in [0.5, 0.6) is 0 Å². The summed E-state index contributed by atoms with van der Waals surface area (Å²) in [6.45, 7) is 0. The van der Waals surface area contributed by atoms with Crippen LogP contribution in [0.4, 0.5) is 0 Å². The van der Waals surface area contributed by atoms with Gasteiger partial charge in [-0.05, 0) is 0 Å². The van der Waals surface area contributed by atoms with Crippen molar-refractivity contribution in [1.29, 1.82) is 0 Å². The summed E-state index contributed by atoms with van der Waals surface area (Å²) in [6.07, 6.45) is 0. The maximum atomic E-state index is 0. The van der Waals surface area contributed by atoms with Crippen molar-refractivity contribution in [3.63, 3.8) is 0 Å². The first kappa shape index (κ1) is 965. The second-order valence-electron chi connectivity index (χ2n) is 0. The summed E-state index contributed by atoms with van der Waals surface area (Å²) in [5.74, 6) is 0. The van der Waals surface area contributed by atoms with E-state index in [9.17, 15) is 0 Å². The zero-order valence-electron chi connectivity index (χ0n) is 3.72. The summed E-state index contributed by atoms with van der Waals surface area (Å²) in [6, 6.07) is 0. The summed E-state index contributed by atoms with van der Waals surface area (Å²) in [5.41, 5.74) is 0. The molecule has 0 fully saturated rings. The van der Waals surface area contributed by atoms with Gasteiger partial charge in [-0.2, -0.15) is 0 Å². The molecule has 0 nitrogen and oxygen atoms in total. The van der Waals surface area contributed by atoms with Crippen LogP contribution in [0.15, 0.2) is 0 Å². The molecule has 0 aliphatic rings. The van der Waals surface area contributed by atoms with Crippen molar-refractivity contribution in [3.05, 3.63) is 0 Å². The number of rotatable bonds is 0. The van der Waals surface area contributed by atoms with E-state index < -0.39 is 0 Å². The Morgan fingerprint density at radius 3 is 0.375 bits per heavy atom. The number of hydrogen-bond donors (Lipinski definition) is 0. The molecule has 8 heavy (non-hydrogen) atoms. The Labute approximate surface area is 65.5 Å². The molecule has 0 aromatic carbocycles. The molecule has 0 aromatic heterocycles. The van der Waals surface area contributed by atoms with E-state index in [0.717, 1.165) is 0 Å². The minimum atomic E-state index is 0. The van der Waals surface area contributed by atoms with Crippen molar-refractivity contribution in [2.24, 2.45) is 0 Å². The Morgan fingerprint density at radius 1 is 0.375 bits per heavy atom. The number of hydrogen-bond acceptors (Lipinski definition) is 0. The van der Waals surface area contributed by atoms with Crippen LogP contribution in [0.1, 0.15) is 0 Å². The van der Waals surface area contributed by atoms with E-state index in [1.54, 1.807) is 0 Å². The van der Waals surface area contributed by atoms with Crippen molar-refractivity contribution in [2.75, 3.05) is 0 Å². The molecule has 0 aromatic rings. The number of halogens is 6. The van der Waals surface area contributed by atoms with Gasteiger partial charge in [0.05, 0.1) is 0 Å². The predicted molar refractivity (Wildman–Crippen MR) is 5.75 cm³/mol. The summed E-state index contributed by atoms with van der Waals surface area (Å²) in [5, 5.41) is 0. The van der Waals surface area contributed by atoms with E-state index in [0.29, 0.717) is 0 Å². The van der Waals surface area contributed by atoms with Gasteiger partial charge in [0, 0.05) is 0 Å². The van der Waals surface area contributed by atoms with E-state index in [-0.39, 0.29) is 65.0 Å². The maximum Gasteiger partial charge on any atom is 3.00 e. The van der Waals surface area contributed by atoms with Crippen LogP contribution < -0.4 is 47.1 Å². The molecule has 0 saturated carbocycles. The fourth-order valence-corrected chi connectivity index (χ4v) is 0. The van der Waals surface area contributed by atoms with Crippen molar-refractivity contribution in [1.82, 2.24) is 0 Å². The third kappa shape index (κ3) is 409. The van der Waals surface area contributed by atoms with Crippen LogP contribution in [0, 0.1) is 0 Å². The molecule has 50 valence electrons. The third-order valence-electron chi connectivity index (χ3n) is 0. The predicted octanol–water partition coefficient (Wildman–Crippen LogP) is -21.4. The zero-order chi connectivity index (χ0) is 0. The van der Waals surface area contributed by atoms with Crippen LogP contribution in [-0.4, -0.2) is 18.0 Å². The van der Waals surface area contributed by atoms with Crippen molar-refractivity contribution < 1.29 is 47.1 Å². The average Bonchev–Trinajstić information content (AvgIpc) is 0. The van der Waals surface area contributed by atoms with Gasteiger partial charge in [0.15, 0.2) is 0 Å². The summed E-state index contributed by atoms with van der Waals surface area (Å²) >= 11 is 0. The van der Waals surface area contributed by atoms with Crippen LogP contribution in [0.25, 0.3) is 0 Å². The standard InChI is InChI=1S/As.6FH.Li/h;6*1H;/q+3;;;;;;;+1/p-6. The van der Waals surface area contributed by atoms with E-state index in [4.69, 9.17) is 0 Å². The molecule has 0 heterocycles. The maximum absolute atomic E-state index is 0. The van der Waals surface area contributed by atoms with Crippen LogP contribution >= 0.6 is 0 Å². The summed E-state index contributed by atoms with van der Waals surface area (Å²) in [7, 11) is 0. The Hall–Kier alpha value is 0.736. The average molecular weight is 196 g/mol. The smallest absolute Gasteiger partial charge is 1.00 e. The molecule has 8 heteroatoms. The summed E-state index contributed by atoms with van der Waals surface area (Å²) < 4.78 is 0. The fourth-order valence-electron chi connectivity index (χ4n) is 0. The molecule has 0 rings (SSSR count). The van der Waals surface area contributed by atoms with Gasteiger partial charge in [0.2, 0.25) is 0 Å². The molecule has 0 amide bonds. The monoisotopic (exact) mass is 196 g/mol. The Morgan fingerprint density at radius 2 is 0.375 bits per heavy atom. The van der Waals surface area contributed by atoms with E-state index in [2.05, 4.69) is 0 Å². The van der Waals surface area contributed by atoms with Gasteiger partial charge < -0.3 is 28.2 Å². The minimum Gasteiger partial charge on any atom is -1.00 e. The summed E-state index contributed by atoms with van der Waals surface area (Å²) in [4.78, 5) is 0. The molecule has 0 unspecified atom stereocenters. The normalized spacial score (nSPS) is 0. The van der Waals surface area contributed by atoms with Gasteiger partial charge in [-0.25, -0.2) is 0 Å². The van der Waals surface area contributed by atoms with E-state index in [1.807, 2.05) is 0 Å². The van der Waals surface area contributed by atoms with Crippen molar-refractivity contribution >= 4 is 18.0 Å². The van der Waals surface area contributed by atoms with Crippen LogP contribution in [-0.2, 0) is 0 Å². The molecule has 0 spiro atoms. The quantitative estimate of drug-likeness (QED) is 0.266. The molecule has 0 aliphatic heterocycles. The molecule has 0 aliphatic carbocycles. The first-order chi connectivity index (χ1) is 0. The molecular formula is AsF6Li-2. The Balaban J connectivity index is 0. The SMILES string of the molecule is [As+3].[F-].[F-].[F-].[F-].[F-].[F-].[Li+]. The van der Waals surface area contributed by atoms with Gasteiger partial charge in [-0.3, -0.25) is 0 Å². The molecule has 0 bridgehead atoms. The van der Waals surface area contributed by atoms with Gasteiger partial charge >= 0.3 is 36.8 Å². The van der Waals surface area contributed by atoms with Crippen molar-refractivity contribution in [3.8, 4) is 0 Å². The van der Waals surface area contributed by atoms with E-state index >= 15 is 0 Å². The largest absolute Gasteiger partial charge is 3.00 e. The van der Waals surface area contributed by atoms with Gasteiger partial charge in [0.1, 0.15) is 0 Å². The van der Waals surface area contributed by atoms with Gasteiger partial charge in [-0.15, -0.1) is 0 Å². The molecular weight excluding hydrogens is 196 g/mol. The molecule has 2 radical (unpaired) electrons. The van der Waals surface area contributed by atoms with E-state index in [1.165, 1.54) is 0 Å². The molecule has 0 N–H and O–H groups in total. The van der Waals surface area contributed by atoms with Crippen molar-refractivity contribution in [2.45, 2.75) is 0 Å². The minimum absolute atomic E-state index is 0. The van der Waals surface area contributed by atoms with Crippen LogP contribution in [0.3, 0.4) is 0 Å². The first-order valence-corrected chi connectivity index (χ1v) is 0. The zero-order valence-corrected chi connectivity index (χ0v) is 5.59. The second kappa shape index (κ2) is 648. The first-order valence-electron chi connectivity index (χ1n) is 0. The van der Waals surface area contributed by atoms with Gasteiger partial charge in [0.25, 0.3) is 0 Å². The van der Waals surface area contributed by atoms with Gasteiger partial charge in [-0.1, -0.05) is 0 Å². The fraction of sp³-hybridized carbons (Fsp3) is 0. The van der Waals surface area contributed by atoms with Crippen LogP contribution in [0.2, 0.25) is 0 Å². The topological polar surface area (TPSA) is 0 Å².